The fourth-order valence-corrected chi connectivity index (χ4v) is 12.9. The van der Waals surface area contributed by atoms with Gasteiger partial charge >= 0.3 is 5.97 Å². The Morgan fingerprint density at radius 2 is 1.12 bits per heavy atom. The van der Waals surface area contributed by atoms with Crippen molar-refractivity contribution in [3.63, 3.8) is 0 Å². The Morgan fingerprint density at radius 1 is 0.583 bits per heavy atom. The zero-order chi connectivity index (χ0) is 85.2. The summed E-state index contributed by atoms with van der Waals surface area (Å²) in [7, 11) is 8.50. The van der Waals surface area contributed by atoms with Gasteiger partial charge in [-0.2, -0.15) is 0 Å². The van der Waals surface area contributed by atoms with Crippen molar-refractivity contribution in [2.45, 2.75) is 175 Å². The highest BCUT2D eigenvalue weighted by molar-refractivity contribution is 7.09. The van der Waals surface area contributed by atoms with Gasteiger partial charge in [0.25, 0.3) is 17.7 Å². The molecule has 0 spiro atoms. The van der Waals surface area contributed by atoms with Crippen molar-refractivity contribution < 1.29 is 115 Å². The molecule has 1 aliphatic rings. The van der Waals surface area contributed by atoms with Crippen molar-refractivity contribution in [1.29, 1.82) is 0 Å². The molecule has 0 unspecified atom stereocenters. The van der Waals surface area contributed by atoms with Crippen LogP contribution in [0, 0.1) is 23.7 Å². The van der Waals surface area contributed by atoms with Gasteiger partial charge in [0.05, 0.1) is 131 Å². The van der Waals surface area contributed by atoms with Gasteiger partial charge < -0.3 is 104 Å². The third-order valence-corrected chi connectivity index (χ3v) is 19.6. The minimum Gasteiger partial charge on any atom is -0.506 e. The number of nitrogens with zero attached hydrogens (tertiary/aromatic N) is 4. The van der Waals surface area contributed by atoms with Gasteiger partial charge in [-0.15, -0.1) is 11.3 Å². The maximum Gasteiger partial charge on any atom is 0.303 e. The molecule has 0 fully saturated rings. The Labute approximate surface area is 681 Å². The fraction of sp³-hybridized carbons (Fsp3) is 0.722. The quantitative estimate of drug-likeness (QED) is 0.0259. The number of nitrogens with one attached hydrogen (secondary N) is 7. The number of carbonyl (C=O) groups is 11. The summed E-state index contributed by atoms with van der Waals surface area (Å²) in [6.07, 6.45) is 2.91. The van der Waals surface area contributed by atoms with Crippen molar-refractivity contribution in [2.24, 2.45) is 23.7 Å². The number of aromatic nitrogens is 1. The molecule has 10 amide bonds. The summed E-state index contributed by atoms with van der Waals surface area (Å²) in [5.41, 5.74) is 0.439. The van der Waals surface area contributed by atoms with Crippen LogP contribution in [-0.4, -0.2) is 311 Å². The second-order valence-electron chi connectivity index (χ2n) is 29.1. The maximum absolute atomic E-state index is 14.4. The number of unbranched alkanes of at least 4 members (excludes halogenated alkanes) is 1. The van der Waals surface area contributed by atoms with E-state index in [0.29, 0.717) is 142 Å². The minimum absolute atomic E-state index is 0.00939. The van der Waals surface area contributed by atoms with Crippen LogP contribution in [0.15, 0.2) is 35.7 Å². The molecule has 0 bridgehead atoms. The van der Waals surface area contributed by atoms with Crippen LogP contribution in [0.4, 0.5) is 5.69 Å². The number of aliphatic carboxylic acids is 1. The zero-order valence-electron chi connectivity index (χ0n) is 69.9. The van der Waals surface area contributed by atoms with Crippen LogP contribution in [0.5, 0.6) is 5.75 Å². The highest BCUT2D eigenvalue weighted by Gasteiger charge is 2.38. The third-order valence-electron chi connectivity index (χ3n) is 18.7. The number of hydrogen-bond acceptors (Lipinski definition) is 26. The lowest BCUT2D eigenvalue weighted by molar-refractivity contribution is -0.141. The molecule has 0 aliphatic carbocycles. The van der Waals surface area contributed by atoms with E-state index in [9.17, 15) is 63.0 Å². The van der Waals surface area contributed by atoms with Crippen LogP contribution in [0.2, 0.25) is 0 Å². The van der Waals surface area contributed by atoms with E-state index in [0.717, 1.165) is 17.1 Å². The van der Waals surface area contributed by atoms with Gasteiger partial charge in [-0.3, -0.25) is 62.5 Å². The van der Waals surface area contributed by atoms with Crippen LogP contribution in [-0.2, 0) is 106 Å². The molecular weight excluding hydrogens is 1520 g/mol. The summed E-state index contributed by atoms with van der Waals surface area (Å²) in [5.74, 6) is -7.61. The molecule has 1 aliphatic heterocycles. The molecule has 0 saturated heterocycles. The Hall–Kier alpha value is -7.72. The lowest BCUT2D eigenvalue weighted by Gasteiger charge is -2.37. The van der Waals surface area contributed by atoms with Crippen LogP contribution in [0.25, 0.3) is 0 Å². The average molecular weight is 1650 g/mol. The monoisotopic (exact) mass is 1650 g/mol. The standard InChI is InChI=1S/C79H131N11O24S/c1-15-55(8)71(87-77(102)72(54(6)7)88(10)11)79(103)89(12)62(52(2)3)49-64(105-14)78-85-61(51-115-78)75(100)82-58(22-26-69(96)97)47-57-21-23-63(91)60(48-57)84-73(98)56(9)81-76(101)70(53(4)5)86-74(99)59(83-65(92)20-18-28-90-67(94)24-25-68(90)95)19-16-17-27-80-66(93)50-114-46-45-113-44-43-112-42-41-111-40-39-110-38-37-109-36-35-108-34-33-107-32-31-106-30-29-104-13/h21,23-25,48,51-56,58-59,62,64,70-72,91H,15-20,22,26-47,49-50H2,1-14H3,(H,80,93)(H,81,101)(H,82,100)(H,83,92)(H,84,98)(H,86,99)(H,87,102)(H,96,97)/t55-,56-,58+,59-,62+,64+,70-,71-,72-/m0/s1. The maximum atomic E-state index is 14.4. The number of thiazole rings is 1. The fourth-order valence-electron chi connectivity index (χ4n) is 12.1. The predicted octanol–water partition coefficient (Wildman–Crippen LogP) is 3.59. The van der Waals surface area contributed by atoms with Crippen LogP contribution < -0.4 is 37.2 Å². The van der Waals surface area contributed by atoms with E-state index in [1.54, 1.807) is 38.3 Å². The molecule has 3 rings (SSSR count). The summed E-state index contributed by atoms with van der Waals surface area (Å²) in [6.45, 7) is 23.8. The molecule has 36 heteroatoms. The lowest BCUT2D eigenvalue weighted by Crippen LogP contribution is -2.58. The van der Waals surface area contributed by atoms with E-state index in [-0.39, 0.29) is 124 Å². The molecule has 1 aromatic heterocycles. The number of hydrogen-bond donors (Lipinski definition) is 9. The van der Waals surface area contributed by atoms with E-state index in [4.69, 9.17) is 52.1 Å². The van der Waals surface area contributed by atoms with Crippen LogP contribution >= 0.6 is 11.3 Å². The van der Waals surface area contributed by atoms with Gasteiger partial charge in [-0.1, -0.05) is 67.9 Å². The second-order valence-corrected chi connectivity index (χ2v) is 30.0. The molecule has 9 N–H and O–H groups in total. The first-order chi connectivity index (χ1) is 54.9. The number of amides is 10. The van der Waals surface area contributed by atoms with Gasteiger partial charge in [0, 0.05) is 83.2 Å². The summed E-state index contributed by atoms with van der Waals surface area (Å²) < 4.78 is 60.1. The number of benzene rings is 1. The molecule has 652 valence electrons. The Kier molecular flexibility index (Phi) is 51.3. The molecule has 2 aromatic rings. The van der Waals surface area contributed by atoms with Crippen molar-refractivity contribution in [1.82, 2.24) is 51.6 Å². The van der Waals surface area contributed by atoms with Gasteiger partial charge in [0.15, 0.2) is 0 Å². The highest BCUT2D eigenvalue weighted by atomic mass is 32.1. The average Bonchev–Trinajstić information content (AvgIpc) is 1.77. The molecule has 1 aromatic carbocycles. The second kappa shape index (κ2) is 58.2. The predicted molar refractivity (Wildman–Crippen MR) is 428 cm³/mol. The van der Waals surface area contributed by atoms with Crippen LogP contribution in [0.3, 0.4) is 0 Å². The molecule has 115 heavy (non-hydrogen) atoms. The van der Waals surface area contributed by atoms with Crippen LogP contribution in [0.1, 0.15) is 147 Å². The topological polar surface area (TPSA) is 437 Å². The van der Waals surface area contributed by atoms with Crippen molar-refractivity contribution in [2.75, 3.05) is 179 Å². The molecule has 35 nitrogen and oxygen atoms in total. The number of carbonyl (C=O) groups excluding carboxylic acids is 10. The van der Waals surface area contributed by atoms with E-state index < -0.39 is 101 Å². The number of imide groups is 1. The van der Waals surface area contributed by atoms with Crippen molar-refractivity contribution in [3.8, 4) is 5.75 Å². The molecule has 0 saturated carbocycles. The summed E-state index contributed by atoms with van der Waals surface area (Å²) in [4.78, 5) is 155. The number of aromatic hydroxyl groups is 1. The van der Waals surface area contributed by atoms with Gasteiger partial charge in [0.2, 0.25) is 41.4 Å². The molecule has 0 radical (unpaired) electrons. The molecular formula is C79H131N11O24S. The Balaban J connectivity index is 1.52. The van der Waals surface area contributed by atoms with Gasteiger partial charge in [0.1, 0.15) is 53.3 Å². The summed E-state index contributed by atoms with van der Waals surface area (Å²) in [5, 5.41) is 42.1. The first kappa shape index (κ1) is 101. The molecule has 9 atom stereocenters. The largest absolute Gasteiger partial charge is 0.506 e. The SMILES string of the molecule is CC[C@H](C)[C@H](NC(=O)[C@H](C(C)C)N(C)C)C(=O)N(C)[C@H](C[C@@H](OC)c1nc(C(=O)N[C@H](CCC(=O)O)Cc2ccc(O)c(NC(=O)[C@H](C)NC(=O)[C@@H](NC(=O)[C@H](CCCCNC(=O)COCCOCCOCCOCCOCCOCCOCCOCCOCCOC)NC(=O)CCCN3C(=O)C=CC3=O)C(C)C)c2)cs1)C(C)C. The number of phenolic OH excluding ortho intramolecular Hbond substituents is 1. The number of carboxylic acids is 1. The van der Waals surface area contributed by atoms with E-state index in [1.807, 2.05) is 60.5 Å². The first-order valence-electron chi connectivity index (χ1n) is 39.7. The van der Waals surface area contributed by atoms with Crippen molar-refractivity contribution in [3.05, 3.63) is 52.0 Å². The Morgan fingerprint density at radius 3 is 1.62 bits per heavy atom. The van der Waals surface area contributed by atoms with Gasteiger partial charge in [-0.05, 0) is 101 Å². The molecule has 2 heterocycles. The number of phenols is 1. The highest BCUT2D eigenvalue weighted by Crippen LogP contribution is 2.31. The summed E-state index contributed by atoms with van der Waals surface area (Å²) >= 11 is 1.18. The first-order valence-corrected chi connectivity index (χ1v) is 40.6. The van der Waals surface area contributed by atoms with Crippen molar-refractivity contribution >= 4 is 82.1 Å². The Bertz CT molecular complexity index is 3250. The number of rotatable bonds is 66. The van der Waals surface area contributed by atoms with E-state index in [1.165, 1.54) is 43.6 Å². The lowest BCUT2D eigenvalue weighted by atomic mass is 9.92. The van der Waals surface area contributed by atoms with E-state index >= 15 is 0 Å². The van der Waals surface area contributed by atoms with Gasteiger partial charge in [-0.25, -0.2) is 4.98 Å². The zero-order valence-corrected chi connectivity index (χ0v) is 70.7. The summed E-state index contributed by atoms with van der Waals surface area (Å²) in [6, 6.07) is -1.83. The number of ether oxygens (including phenoxy) is 11. The number of carboxylic acid groups (broad SMARTS) is 1. The minimum atomic E-state index is -1.27. The smallest absolute Gasteiger partial charge is 0.303 e. The van der Waals surface area contributed by atoms with E-state index in [2.05, 4.69) is 42.2 Å². The number of anilines is 1. The number of methoxy groups -OCH3 is 2. The third kappa shape index (κ3) is 40.8. The number of likely N-dealkylation sites (N-methyl/N-ethyl adjacent to an activating group) is 2. The normalized spacial score (nSPS) is 14.6.